The fourth-order valence-electron chi connectivity index (χ4n) is 6.00. The summed E-state index contributed by atoms with van der Waals surface area (Å²) in [4.78, 5) is 58.6. The van der Waals surface area contributed by atoms with Crippen LogP contribution in [0.25, 0.3) is 16.8 Å². The van der Waals surface area contributed by atoms with Crippen molar-refractivity contribution in [1.29, 1.82) is 10.5 Å². The molecule has 3 aromatic heterocycles. The van der Waals surface area contributed by atoms with Gasteiger partial charge in [0.25, 0.3) is 27.8 Å². The van der Waals surface area contributed by atoms with Gasteiger partial charge in [-0.25, -0.2) is 27.3 Å². The highest BCUT2D eigenvalue weighted by Crippen LogP contribution is 2.30. The number of ether oxygens (including phenoxy) is 1. The molecule has 1 aromatic carbocycles. The molecule has 17 nitrogen and oxygen atoms in total. The van der Waals surface area contributed by atoms with Gasteiger partial charge in [0.2, 0.25) is 0 Å². The quantitative estimate of drug-likeness (QED) is 0.0307. The number of halogens is 4. The van der Waals surface area contributed by atoms with Gasteiger partial charge in [-0.2, -0.15) is 18.9 Å². The van der Waals surface area contributed by atoms with Crippen LogP contribution in [0.3, 0.4) is 0 Å². The summed E-state index contributed by atoms with van der Waals surface area (Å²) in [6, 6.07) is 17.6. The lowest BCUT2D eigenvalue weighted by molar-refractivity contribution is -0.152. The van der Waals surface area contributed by atoms with Crippen molar-refractivity contribution in [2.75, 3.05) is 32.2 Å². The van der Waals surface area contributed by atoms with Gasteiger partial charge in [0, 0.05) is 52.3 Å². The third kappa shape index (κ3) is 20.3. The molecule has 3 unspecified atom stereocenters. The fourth-order valence-corrected chi connectivity index (χ4v) is 8.08. The fraction of sp³-hybridized carbons (Fsp3) is 0.462. The maximum Gasteiger partial charge on any atom is 0.348 e. The lowest BCUT2D eigenvalue weighted by Gasteiger charge is -2.21. The van der Waals surface area contributed by atoms with Crippen molar-refractivity contribution >= 4 is 62.3 Å². The summed E-state index contributed by atoms with van der Waals surface area (Å²) >= 11 is 6.24. The van der Waals surface area contributed by atoms with E-state index in [1.165, 1.54) is 28.5 Å². The van der Waals surface area contributed by atoms with E-state index < -0.39 is 77.8 Å². The predicted octanol–water partition coefficient (Wildman–Crippen LogP) is 7.66. The average molecular weight is 1120 g/mol. The molecule has 1 amide bonds. The maximum absolute atomic E-state index is 13.6. The van der Waals surface area contributed by atoms with Crippen molar-refractivity contribution in [1.82, 2.24) is 24.8 Å². The Kier molecular flexibility index (Phi) is 26.4. The number of rotatable bonds is 12. The molecule has 0 spiro atoms. The van der Waals surface area contributed by atoms with E-state index in [9.17, 15) is 50.4 Å². The average Bonchev–Trinajstić information content (AvgIpc) is 3.37. The van der Waals surface area contributed by atoms with E-state index in [0.29, 0.717) is 33.4 Å². The zero-order valence-electron chi connectivity index (χ0n) is 43.8. The summed E-state index contributed by atoms with van der Waals surface area (Å²) in [5.74, 6) is -2.09. The second-order valence-corrected chi connectivity index (χ2v) is 21.8. The van der Waals surface area contributed by atoms with Gasteiger partial charge >= 0.3 is 5.97 Å². The number of fused-ring (bicyclic) bond motifs is 1. The minimum atomic E-state index is -3.82. The maximum atomic E-state index is 13.6. The first kappa shape index (κ1) is 65.8. The Labute approximate surface area is 449 Å². The number of aromatic nitrogens is 4. The van der Waals surface area contributed by atoms with Gasteiger partial charge in [-0.15, -0.1) is 0 Å². The highest BCUT2D eigenvalue weighted by molar-refractivity contribution is 7.99. The number of ketones is 1. The number of nitriles is 2. The first-order valence-electron chi connectivity index (χ1n) is 23.5. The smallest absolute Gasteiger partial charge is 0.348 e. The van der Waals surface area contributed by atoms with Crippen LogP contribution in [0.15, 0.2) is 81.3 Å². The molecule has 24 heteroatoms. The Morgan fingerprint density at radius 2 is 1.46 bits per heavy atom. The van der Waals surface area contributed by atoms with Gasteiger partial charge in [0.15, 0.2) is 10.9 Å². The minimum absolute atomic E-state index is 0.0375. The summed E-state index contributed by atoms with van der Waals surface area (Å²) < 4.78 is 83.3. The largest absolute Gasteiger partial charge is 0.463 e. The van der Waals surface area contributed by atoms with E-state index in [1.807, 2.05) is 43.3 Å². The second kappa shape index (κ2) is 30.5. The zero-order valence-corrected chi connectivity index (χ0v) is 46.3. The van der Waals surface area contributed by atoms with Crippen LogP contribution in [0.4, 0.5) is 17.6 Å². The second-order valence-electron chi connectivity index (χ2n) is 18.7. The molecule has 3 atom stereocenters. The number of esters is 1. The topological polar surface area (TPSA) is 265 Å². The summed E-state index contributed by atoms with van der Waals surface area (Å²) in [7, 11) is -3.82. The Morgan fingerprint density at radius 1 is 0.908 bits per heavy atom. The lowest BCUT2D eigenvalue weighted by atomic mass is 9.90. The number of hydrogen-bond acceptors (Lipinski definition) is 17. The standard InChI is InChI=1S/C17H17FN4OS.C15H15N3OS.C11H15FO3S.C6H9FO3.C3H7FO2/c1-17(2,3)13-5-4-10(7-20-13)14-12(6-19)15(23)22-8-11(18)9-24-16(22)21-14;1-15(2,3)12-5-4-9(8-17-12)10-6-13(20)18-14(19)11(10)7-16;1-3-10(12)8-15-16(13,14)11-6-4-9(2)5-7-11;1-3-10-6(9)5(7)4(2)8;4-3(1-5)2-6/h4-5,7,11H,8-9H2,1-3H3;4-5,8H,6H2,1-3H3,(H,18,19,20);4-7,10H,3,8H2,1-2H3;5H,3H2,1-2H3;3,5-6H,1-2H2. The number of alkyl halides is 4. The first-order chi connectivity index (χ1) is 35.5. The van der Waals surface area contributed by atoms with Crippen molar-refractivity contribution in [3.8, 4) is 23.4 Å². The number of hydrogen-bond donors (Lipinski definition) is 3. The molecule has 2 aliphatic rings. The number of aliphatic hydroxyl groups is 2. The lowest BCUT2D eigenvalue weighted by Crippen LogP contribution is -2.34. The molecule has 412 valence electrons. The van der Waals surface area contributed by atoms with Crippen molar-refractivity contribution < 1.29 is 59.5 Å². The molecule has 0 aliphatic carbocycles. The Balaban J connectivity index is 0.000000346. The van der Waals surface area contributed by atoms with E-state index in [0.717, 1.165) is 29.4 Å². The monoisotopic (exact) mass is 1120 g/mol. The molecular formula is C52H63F4N7O10S3. The third-order valence-corrected chi connectivity index (χ3v) is 13.0. The Hall–Kier alpha value is -6.28. The molecule has 0 bridgehead atoms. The van der Waals surface area contributed by atoms with Crippen molar-refractivity contribution in [2.45, 2.75) is 134 Å². The molecule has 2 aliphatic heterocycles. The number of benzene rings is 1. The summed E-state index contributed by atoms with van der Waals surface area (Å²) in [6.07, 6.45) is -1.96. The highest BCUT2D eigenvalue weighted by atomic mass is 32.2. The summed E-state index contributed by atoms with van der Waals surface area (Å²) in [5, 5.41) is 37.1. The van der Waals surface area contributed by atoms with E-state index in [2.05, 4.69) is 70.7 Å². The van der Waals surface area contributed by atoms with Gasteiger partial charge in [0.05, 0.1) is 48.6 Å². The number of nitrogens with zero attached hydrogens (tertiary/aromatic N) is 6. The number of carbonyl (C=O) groups is 3. The number of pyridine rings is 2. The van der Waals surface area contributed by atoms with Gasteiger partial charge in [-0.1, -0.05) is 96.2 Å². The van der Waals surface area contributed by atoms with Crippen LogP contribution < -0.4 is 10.9 Å². The van der Waals surface area contributed by atoms with Crippen LogP contribution in [0.2, 0.25) is 0 Å². The van der Waals surface area contributed by atoms with Crippen LogP contribution in [0.1, 0.15) is 103 Å². The number of thioether (sulfide) groups is 1. The van der Waals surface area contributed by atoms with E-state index >= 15 is 0 Å². The van der Waals surface area contributed by atoms with E-state index in [4.69, 9.17) is 27.7 Å². The van der Waals surface area contributed by atoms with E-state index in [1.54, 1.807) is 38.4 Å². The van der Waals surface area contributed by atoms with Crippen molar-refractivity contribution in [2.24, 2.45) is 0 Å². The first-order valence-corrected chi connectivity index (χ1v) is 26.3. The van der Waals surface area contributed by atoms with Crippen LogP contribution >= 0.6 is 24.0 Å². The normalized spacial score (nSPS) is 14.9. The molecule has 5 heterocycles. The van der Waals surface area contributed by atoms with Crippen LogP contribution in [-0.2, 0) is 50.8 Å². The molecule has 0 saturated heterocycles. The number of carbonyl (C=O) groups excluding carboxylic acids is 3. The predicted molar refractivity (Wildman–Crippen MR) is 282 cm³/mol. The number of aliphatic hydroxyl groups excluding tert-OH is 2. The zero-order chi connectivity index (χ0) is 57.7. The molecule has 0 radical (unpaired) electrons. The molecule has 3 N–H and O–H groups in total. The van der Waals surface area contributed by atoms with Crippen LogP contribution in [0, 0.1) is 29.6 Å². The van der Waals surface area contributed by atoms with Crippen molar-refractivity contribution in [3.05, 3.63) is 105 Å². The number of Topliss-reactive ketones (excluding diaryl/α,β-unsaturated/α-hetero) is 1. The Morgan fingerprint density at radius 3 is 1.89 bits per heavy atom. The van der Waals surface area contributed by atoms with Crippen LogP contribution in [-0.4, -0.2) is 118 Å². The summed E-state index contributed by atoms with van der Waals surface area (Å²) in [5.41, 5.74) is 4.59. The number of amides is 1. The molecule has 76 heavy (non-hydrogen) atoms. The molecule has 4 aromatic rings. The molecule has 0 fully saturated rings. The molecule has 0 saturated carbocycles. The highest BCUT2D eigenvalue weighted by Gasteiger charge is 2.28. The number of thiocarbonyl (C=S) groups is 1. The van der Waals surface area contributed by atoms with Gasteiger partial charge in [-0.05, 0) is 68.7 Å². The molecular weight excluding hydrogens is 1050 g/mol. The minimum Gasteiger partial charge on any atom is -0.463 e. The number of aryl methyl sites for hydroxylation is 1. The van der Waals surface area contributed by atoms with Gasteiger partial charge in [-0.3, -0.25) is 33.1 Å². The van der Waals surface area contributed by atoms with Crippen LogP contribution in [0.5, 0.6) is 0 Å². The Bertz CT molecular complexity index is 2910. The van der Waals surface area contributed by atoms with Gasteiger partial charge < -0.3 is 20.3 Å². The summed E-state index contributed by atoms with van der Waals surface area (Å²) in [6.45, 7) is 16.9. The van der Waals surface area contributed by atoms with E-state index in [-0.39, 0.29) is 52.2 Å². The third-order valence-electron chi connectivity index (χ3n) is 10.3. The number of nitrogens with one attached hydrogen (secondary N) is 1. The van der Waals surface area contributed by atoms with Gasteiger partial charge in [0.1, 0.15) is 41.8 Å². The van der Waals surface area contributed by atoms with Crippen molar-refractivity contribution in [3.63, 3.8) is 0 Å². The SMILES string of the molecule is CC(C)(C)c1ccc(-c2nc3n(c(=O)c2C#N)CC(F)CS3)cn1.CC(C)(C)c1ccc(C2=C(C#N)C(=O)NC(=S)C2)cn1.CCC(F)COS(=O)(=O)c1ccc(C)cc1.CCOC(=O)C(F)C(C)=O.OCC(F)CO. The molecule has 6 rings (SSSR count).